The van der Waals surface area contributed by atoms with Gasteiger partial charge in [0.05, 0.1) is 12.6 Å². The van der Waals surface area contributed by atoms with Crippen LogP contribution >= 0.6 is 0 Å². The predicted octanol–water partition coefficient (Wildman–Crippen LogP) is 2.16. The summed E-state index contributed by atoms with van der Waals surface area (Å²) in [6.45, 7) is 1.50. The smallest absolute Gasteiger partial charge is 0.241 e. The number of benzene rings is 1. The molecule has 108 valence electrons. The minimum absolute atomic E-state index is 0.0295. The van der Waals surface area contributed by atoms with Crippen LogP contribution in [0.3, 0.4) is 0 Å². The number of fused-ring (bicyclic) bond motifs is 1. The van der Waals surface area contributed by atoms with Gasteiger partial charge in [0, 0.05) is 18.4 Å². The van der Waals surface area contributed by atoms with Gasteiger partial charge in [0.1, 0.15) is 0 Å². The first-order chi connectivity index (χ1) is 9.79. The highest BCUT2D eigenvalue weighted by molar-refractivity contribution is 5.96. The molecule has 1 aromatic rings. The molecule has 4 nitrogen and oxygen atoms in total. The van der Waals surface area contributed by atoms with Crippen LogP contribution in [0.15, 0.2) is 24.3 Å². The molecule has 4 heteroatoms. The third-order valence-corrected chi connectivity index (χ3v) is 4.60. The Labute approximate surface area is 119 Å². The van der Waals surface area contributed by atoms with E-state index in [1.165, 1.54) is 19.3 Å². The van der Waals surface area contributed by atoms with Crippen LogP contribution in [-0.2, 0) is 16.1 Å². The molecule has 2 aliphatic rings. The number of nitrogens with one attached hydrogen (secondary N) is 2. The Morgan fingerprint density at radius 2 is 2.25 bits per heavy atom. The average molecular weight is 274 g/mol. The fraction of sp³-hybridized carbons (Fsp3) is 0.562. The molecule has 1 heterocycles. The molecule has 2 N–H and O–H groups in total. The van der Waals surface area contributed by atoms with Gasteiger partial charge in [0.25, 0.3) is 0 Å². The number of para-hydroxylation sites is 1. The predicted molar refractivity (Wildman–Crippen MR) is 78.4 cm³/mol. The Morgan fingerprint density at radius 1 is 1.40 bits per heavy atom. The second-order valence-electron chi connectivity index (χ2n) is 5.82. The van der Waals surface area contributed by atoms with E-state index in [0.717, 1.165) is 17.8 Å². The lowest BCUT2D eigenvalue weighted by molar-refractivity contribution is -0.118. The van der Waals surface area contributed by atoms with Crippen molar-refractivity contribution < 1.29 is 9.53 Å². The van der Waals surface area contributed by atoms with Crippen molar-refractivity contribution in [2.75, 3.05) is 19.0 Å². The zero-order chi connectivity index (χ0) is 13.9. The van der Waals surface area contributed by atoms with Crippen molar-refractivity contribution in [1.29, 1.82) is 0 Å². The lowest BCUT2D eigenvalue weighted by atomic mass is 9.93. The van der Waals surface area contributed by atoms with Gasteiger partial charge in [-0.05, 0) is 37.3 Å². The van der Waals surface area contributed by atoms with Crippen molar-refractivity contribution in [1.82, 2.24) is 5.32 Å². The van der Waals surface area contributed by atoms with E-state index in [-0.39, 0.29) is 11.9 Å². The maximum Gasteiger partial charge on any atom is 0.241 e. The van der Waals surface area contributed by atoms with Crippen LogP contribution in [0, 0.1) is 11.8 Å². The van der Waals surface area contributed by atoms with Crippen molar-refractivity contribution >= 4 is 11.6 Å². The summed E-state index contributed by atoms with van der Waals surface area (Å²) < 4.78 is 5.18. The van der Waals surface area contributed by atoms with E-state index < -0.39 is 0 Å². The molecule has 1 saturated heterocycles. The van der Waals surface area contributed by atoms with Gasteiger partial charge in [-0.2, -0.15) is 0 Å². The lowest BCUT2D eigenvalue weighted by Gasteiger charge is -2.19. The molecule has 3 atom stereocenters. The second kappa shape index (κ2) is 5.94. The highest BCUT2D eigenvalue weighted by Gasteiger charge is 2.42. The second-order valence-corrected chi connectivity index (χ2v) is 5.82. The third-order valence-electron chi connectivity index (χ3n) is 4.60. The summed E-state index contributed by atoms with van der Waals surface area (Å²) >= 11 is 0. The SMILES string of the molecule is COCc1ccccc1NC(=O)C1NCC2CCCC21. The largest absolute Gasteiger partial charge is 0.380 e. The lowest BCUT2D eigenvalue weighted by Crippen LogP contribution is -2.39. The maximum absolute atomic E-state index is 12.5. The van der Waals surface area contributed by atoms with Crippen molar-refractivity contribution in [3.05, 3.63) is 29.8 Å². The molecule has 1 amide bonds. The molecule has 3 rings (SSSR count). The van der Waals surface area contributed by atoms with E-state index in [1.54, 1.807) is 7.11 Å². The molecule has 20 heavy (non-hydrogen) atoms. The van der Waals surface area contributed by atoms with Crippen molar-refractivity contribution in [2.45, 2.75) is 31.9 Å². The molecule has 1 saturated carbocycles. The summed E-state index contributed by atoms with van der Waals surface area (Å²) in [5.41, 5.74) is 1.88. The van der Waals surface area contributed by atoms with Crippen LogP contribution in [0.4, 0.5) is 5.69 Å². The topological polar surface area (TPSA) is 50.4 Å². The number of methoxy groups -OCH3 is 1. The van der Waals surface area contributed by atoms with Crippen LogP contribution in [0.1, 0.15) is 24.8 Å². The summed E-state index contributed by atoms with van der Waals surface area (Å²) in [5, 5.41) is 6.46. The Balaban J connectivity index is 1.70. The molecular weight excluding hydrogens is 252 g/mol. The van der Waals surface area contributed by atoms with Crippen LogP contribution < -0.4 is 10.6 Å². The monoisotopic (exact) mass is 274 g/mol. The molecule has 0 radical (unpaired) electrons. The fourth-order valence-electron chi connectivity index (χ4n) is 3.61. The molecule has 2 fully saturated rings. The minimum atomic E-state index is -0.0295. The van der Waals surface area contributed by atoms with E-state index in [9.17, 15) is 4.79 Å². The molecule has 0 spiro atoms. The normalized spacial score (nSPS) is 28.4. The molecular formula is C16H22N2O2. The Bertz CT molecular complexity index is 489. The first-order valence-corrected chi connectivity index (χ1v) is 7.40. The van der Waals surface area contributed by atoms with Gasteiger partial charge in [-0.25, -0.2) is 0 Å². The molecule has 1 aliphatic heterocycles. The average Bonchev–Trinajstić information content (AvgIpc) is 3.03. The van der Waals surface area contributed by atoms with Crippen molar-refractivity contribution in [3.63, 3.8) is 0 Å². The first kappa shape index (κ1) is 13.6. The molecule has 0 aromatic heterocycles. The number of rotatable bonds is 4. The number of hydrogen-bond acceptors (Lipinski definition) is 3. The van der Waals surface area contributed by atoms with Crippen LogP contribution in [0.5, 0.6) is 0 Å². The van der Waals surface area contributed by atoms with Gasteiger partial charge in [-0.15, -0.1) is 0 Å². The Hall–Kier alpha value is -1.39. The van der Waals surface area contributed by atoms with E-state index in [2.05, 4.69) is 10.6 Å². The highest BCUT2D eigenvalue weighted by atomic mass is 16.5. The quantitative estimate of drug-likeness (QED) is 0.884. The number of amides is 1. The first-order valence-electron chi connectivity index (χ1n) is 7.40. The number of carbonyl (C=O) groups excluding carboxylic acids is 1. The number of hydrogen-bond donors (Lipinski definition) is 2. The van der Waals surface area contributed by atoms with Crippen LogP contribution in [0.2, 0.25) is 0 Å². The fourth-order valence-corrected chi connectivity index (χ4v) is 3.61. The molecule has 0 bridgehead atoms. The van der Waals surface area contributed by atoms with Crippen molar-refractivity contribution in [2.24, 2.45) is 11.8 Å². The highest BCUT2D eigenvalue weighted by Crippen LogP contribution is 2.38. The van der Waals surface area contributed by atoms with Crippen LogP contribution in [0.25, 0.3) is 0 Å². The van der Waals surface area contributed by atoms with E-state index in [0.29, 0.717) is 18.4 Å². The Kier molecular flexibility index (Phi) is 4.03. The summed E-state index contributed by atoms with van der Waals surface area (Å²) in [4.78, 5) is 12.5. The van der Waals surface area contributed by atoms with Gasteiger partial charge in [-0.1, -0.05) is 24.6 Å². The minimum Gasteiger partial charge on any atom is -0.380 e. The van der Waals surface area contributed by atoms with E-state index in [1.807, 2.05) is 24.3 Å². The number of anilines is 1. The zero-order valence-electron chi connectivity index (χ0n) is 11.9. The van der Waals surface area contributed by atoms with Gasteiger partial charge in [-0.3, -0.25) is 4.79 Å². The standard InChI is InChI=1S/C16H22N2O2/c1-20-10-12-5-2-3-8-14(12)18-16(19)15-13-7-4-6-11(13)9-17-15/h2-3,5,8,11,13,15,17H,4,6-7,9-10H2,1H3,(H,18,19). The summed E-state index contributed by atoms with van der Waals surface area (Å²) in [6.07, 6.45) is 3.71. The molecule has 1 aliphatic carbocycles. The van der Waals surface area contributed by atoms with E-state index in [4.69, 9.17) is 4.74 Å². The maximum atomic E-state index is 12.5. The van der Waals surface area contributed by atoms with E-state index >= 15 is 0 Å². The third kappa shape index (κ3) is 2.58. The number of ether oxygens (including phenoxy) is 1. The molecule has 1 aromatic carbocycles. The summed E-state index contributed by atoms with van der Waals surface area (Å²) in [5.74, 6) is 1.31. The number of carbonyl (C=O) groups is 1. The Morgan fingerprint density at radius 3 is 3.10 bits per heavy atom. The summed E-state index contributed by atoms with van der Waals surface area (Å²) in [6, 6.07) is 7.80. The van der Waals surface area contributed by atoms with Gasteiger partial charge >= 0.3 is 0 Å². The van der Waals surface area contributed by atoms with Gasteiger partial charge in [0.15, 0.2) is 0 Å². The molecule has 3 unspecified atom stereocenters. The van der Waals surface area contributed by atoms with Crippen molar-refractivity contribution in [3.8, 4) is 0 Å². The summed E-state index contributed by atoms with van der Waals surface area (Å²) in [7, 11) is 1.67. The zero-order valence-corrected chi connectivity index (χ0v) is 11.9. The van der Waals surface area contributed by atoms with Gasteiger partial charge in [0.2, 0.25) is 5.91 Å². The van der Waals surface area contributed by atoms with Gasteiger partial charge < -0.3 is 15.4 Å². The van der Waals surface area contributed by atoms with Crippen LogP contribution in [-0.4, -0.2) is 25.6 Å².